The number of hydrogen-bond acceptors (Lipinski definition) is 1. The average molecular weight is 876 g/mol. The van der Waals surface area contributed by atoms with Gasteiger partial charge in [-0.25, -0.2) is 0 Å². The van der Waals surface area contributed by atoms with E-state index in [0.29, 0.717) is 0 Å². The van der Waals surface area contributed by atoms with Crippen LogP contribution in [0.15, 0.2) is 0 Å². The average Bonchev–Trinajstić information content (AvgIpc) is 3.74. The fourth-order valence-electron chi connectivity index (χ4n) is 3.37. The molecule has 1 rings (SSSR count). The van der Waals surface area contributed by atoms with Crippen LogP contribution in [0.5, 0.6) is 0 Å². The minimum absolute atomic E-state index is 1.16. The smallest absolute Gasteiger partial charge is 0.373 e. The van der Waals surface area contributed by atoms with E-state index in [2.05, 4.69) is 4.74 Å². The van der Waals surface area contributed by atoms with Gasteiger partial charge in [-0.2, -0.15) is 145 Å². The molecule has 0 aliphatic carbocycles. The maximum Gasteiger partial charge on any atom is 0.460 e. The minimum Gasteiger partial charge on any atom is -0.373 e. The Labute approximate surface area is 265 Å². The minimum atomic E-state index is -10.2. The van der Waals surface area contributed by atoms with Crippen LogP contribution in [0, 0.1) is 0 Å². The Kier molecular flexibility index (Phi) is 10.9. The summed E-state index contributed by atoms with van der Waals surface area (Å²) in [7, 11) is 0. The SMILES string of the molecule is FC(F)(F)C(F)(F)C(F)(F)C(F)(F)C(F)(F)C(F)(F)C(F)(F)C(F)(F)C(F)(F)C(F)(F)C(F)(F)C(F)(F)C(F)(F)C(F)(F)C(F)(F)C(F)(F)CC1CO1. The van der Waals surface area contributed by atoms with Crippen LogP contribution in [0.4, 0.5) is 145 Å². The van der Waals surface area contributed by atoms with Crippen LogP contribution in [0.3, 0.4) is 0 Å². The summed E-state index contributed by atoms with van der Waals surface area (Å²) >= 11 is 0. The number of halogens is 33. The van der Waals surface area contributed by atoms with Crippen molar-refractivity contribution in [1.82, 2.24) is 0 Å². The van der Waals surface area contributed by atoms with Gasteiger partial charge in [0, 0.05) is 6.42 Å². The third-order valence-electron chi connectivity index (χ3n) is 6.83. The van der Waals surface area contributed by atoms with E-state index < -0.39 is 114 Å². The Morgan fingerprint density at radius 2 is 0.415 bits per heavy atom. The molecule has 318 valence electrons. The van der Waals surface area contributed by atoms with Gasteiger partial charge >= 0.3 is 95.0 Å². The maximum atomic E-state index is 13.9. The van der Waals surface area contributed by atoms with E-state index in [1.807, 2.05) is 0 Å². The van der Waals surface area contributed by atoms with Crippen molar-refractivity contribution in [2.45, 2.75) is 108 Å². The summed E-state index contributed by atoms with van der Waals surface area (Å²) in [6.45, 7) is -1.16. The largest absolute Gasteiger partial charge is 0.460 e. The molecule has 0 aromatic carbocycles. The van der Waals surface area contributed by atoms with E-state index >= 15 is 0 Å². The summed E-state index contributed by atoms with van der Waals surface area (Å²) in [5, 5.41) is 0. The molecule has 0 saturated carbocycles. The molecule has 1 aliphatic rings. The van der Waals surface area contributed by atoms with Crippen LogP contribution in [0.1, 0.15) is 6.42 Å². The number of hydrogen-bond donors (Lipinski definition) is 0. The zero-order valence-electron chi connectivity index (χ0n) is 22.9. The van der Waals surface area contributed by atoms with E-state index in [4.69, 9.17) is 0 Å². The summed E-state index contributed by atoms with van der Waals surface area (Å²) in [5.41, 5.74) is 0. The topological polar surface area (TPSA) is 12.5 Å². The van der Waals surface area contributed by atoms with Gasteiger partial charge in [-0.15, -0.1) is 0 Å². The number of epoxide rings is 1. The van der Waals surface area contributed by atoms with E-state index in [9.17, 15) is 145 Å². The van der Waals surface area contributed by atoms with Crippen LogP contribution in [-0.2, 0) is 4.74 Å². The van der Waals surface area contributed by atoms with Gasteiger partial charge in [0.15, 0.2) is 0 Å². The molecular weight excluding hydrogens is 871 g/mol. The molecule has 0 spiro atoms. The lowest BCUT2D eigenvalue weighted by molar-refractivity contribution is -0.491. The summed E-state index contributed by atoms with van der Waals surface area (Å²) in [5.74, 6) is -142. The molecule has 34 heteroatoms. The first kappa shape index (κ1) is 48.7. The van der Waals surface area contributed by atoms with Crippen molar-refractivity contribution in [3.8, 4) is 0 Å². The first-order valence-electron chi connectivity index (χ1n) is 11.7. The summed E-state index contributed by atoms with van der Waals surface area (Å²) < 4.78 is 449. The summed E-state index contributed by atoms with van der Waals surface area (Å²) in [6.07, 6.45) is -13.7. The van der Waals surface area contributed by atoms with Crippen LogP contribution < -0.4 is 0 Å². The molecule has 1 heterocycles. The highest BCUT2D eigenvalue weighted by Gasteiger charge is 3.01. The standard InChI is InChI=1S/C19H5F33O/c20-4(21,1-3-2-53-3)5(22,23)6(24,25)7(26,27)8(28,29)9(30,31)10(32,33)11(34,35)12(36,37)13(38,39)14(40,41)15(42,43)16(44,45)17(46,47)18(48,49)19(50,51)52/h3H,1-2H2. The summed E-state index contributed by atoms with van der Waals surface area (Å²) in [6, 6.07) is 0. The predicted molar refractivity (Wildman–Crippen MR) is 94.6 cm³/mol. The molecule has 1 saturated heterocycles. The van der Waals surface area contributed by atoms with Gasteiger partial charge in [0.05, 0.1) is 12.7 Å². The van der Waals surface area contributed by atoms with Crippen molar-refractivity contribution < 1.29 is 150 Å². The molecule has 1 nitrogen and oxygen atoms in total. The van der Waals surface area contributed by atoms with Crippen LogP contribution >= 0.6 is 0 Å². The van der Waals surface area contributed by atoms with Crippen molar-refractivity contribution in [3.63, 3.8) is 0 Å². The number of rotatable bonds is 16. The van der Waals surface area contributed by atoms with Crippen molar-refractivity contribution in [3.05, 3.63) is 0 Å². The zero-order chi connectivity index (χ0) is 43.7. The molecule has 0 bridgehead atoms. The molecule has 0 aromatic heterocycles. The highest BCUT2D eigenvalue weighted by Crippen LogP contribution is 2.70. The van der Waals surface area contributed by atoms with E-state index in [1.165, 1.54) is 0 Å². The fourth-order valence-corrected chi connectivity index (χ4v) is 3.37. The van der Waals surface area contributed by atoms with Crippen molar-refractivity contribution in [2.75, 3.05) is 6.61 Å². The van der Waals surface area contributed by atoms with E-state index in [0.717, 1.165) is 0 Å². The van der Waals surface area contributed by atoms with Gasteiger partial charge in [-0.05, 0) is 0 Å². The van der Waals surface area contributed by atoms with Gasteiger partial charge in [-0.3, -0.25) is 0 Å². The van der Waals surface area contributed by atoms with E-state index in [-0.39, 0.29) is 0 Å². The quantitative estimate of drug-likeness (QED) is 0.111. The Morgan fingerprint density at radius 1 is 0.264 bits per heavy atom. The number of alkyl halides is 33. The normalized spacial score (nSPS) is 19.5. The molecular formula is C19H5F33O. The van der Waals surface area contributed by atoms with Crippen molar-refractivity contribution in [2.24, 2.45) is 0 Å². The third-order valence-corrected chi connectivity index (χ3v) is 6.83. The third kappa shape index (κ3) is 5.70. The van der Waals surface area contributed by atoms with Crippen molar-refractivity contribution in [1.29, 1.82) is 0 Å². The lowest BCUT2D eigenvalue weighted by atomic mass is 9.82. The molecule has 53 heavy (non-hydrogen) atoms. The van der Waals surface area contributed by atoms with Crippen LogP contribution in [-0.4, -0.2) is 108 Å². The Bertz CT molecular complexity index is 1340. The molecule has 0 N–H and O–H groups in total. The second kappa shape index (κ2) is 11.8. The number of ether oxygens (including phenoxy) is 1. The lowest BCUT2D eigenvalue weighted by Crippen LogP contribution is -2.80. The Balaban J connectivity index is 3.98. The van der Waals surface area contributed by atoms with Gasteiger partial charge in [-0.1, -0.05) is 0 Å². The van der Waals surface area contributed by atoms with Gasteiger partial charge in [0.2, 0.25) is 0 Å². The fraction of sp³-hybridized carbons (Fsp3) is 1.00. The Morgan fingerprint density at radius 3 is 0.566 bits per heavy atom. The molecule has 1 atom stereocenters. The summed E-state index contributed by atoms with van der Waals surface area (Å²) in [4.78, 5) is 0. The highest BCUT2D eigenvalue weighted by atomic mass is 19.4. The second-order valence-electron chi connectivity index (χ2n) is 10.4. The first-order valence-corrected chi connectivity index (χ1v) is 11.7. The molecule has 1 unspecified atom stereocenters. The lowest BCUT2D eigenvalue weighted by Gasteiger charge is -2.46. The van der Waals surface area contributed by atoms with Gasteiger partial charge in [0.1, 0.15) is 0 Å². The van der Waals surface area contributed by atoms with Crippen molar-refractivity contribution >= 4 is 0 Å². The van der Waals surface area contributed by atoms with Crippen LogP contribution in [0.2, 0.25) is 0 Å². The molecule has 0 radical (unpaired) electrons. The van der Waals surface area contributed by atoms with E-state index in [1.54, 1.807) is 0 Å². The molecule has 1 fully saturated rings. The Hall–Kier alpha value is -2.35. The van der Waals surface area contributed by atoms with Gasteiger partial charge < -0.3 is 4.74 Å². The zero-order valence-corrected chi connectivity index (χ0v) is 22.9. The second-order valence-corrected chi connectivity index (χ2v) is 10.4. The molecule has 0 aromatic rings. The highest BCUT2D eigenvalue weighted by molar-refractivity contribution is 5.22. The predicted octanol–water partition coefficient (Wildman–Crippen LogP) is 10.9. The monoisotopic (exact) mass is 876 g/mol. The van der Waals surface area contributed by atoms with Crippen LogP contribution in [0.25, 0.3) is 0 Å². The first-order chi connectivity index (χ1) is 22.3. The molecule has 0 amide bonds. The maximum absolute atomic E-state index is 13.9. The molecule has 1 aliphatic heterocycles. The van der Waals surface area contributed by atoms with Gasteiger partial charge in [0.25, 0.3) is 0 Å².